The molecule has 0 heterocycles. The molecule has 58 valence electrons. The van der Waals surface area contributed by atoms with Gasteiger partial charge in [-0.1, -0.05) is 6.92 Å². The van der Waals surface area contributed by atoms with Crippen molar-refractivity contribution in [1.82, 2.24) is 0 Å². The first kappa shape index (κ1) is 9.10. The predicted octanol–water partition coefficient (Wildman–Crippen LogP) is -0.377. The van der Waals surface area contributed by atoms with Gasteiger partial charge in [-0.15, -0.1) is 0 Å². The largest absolute Gasteiger partial charge is 0.481 e. The first-order valence-electron chi connectivity index (χ1n) is 3.00. The lowest BCUT2D eigenvalue weighted by Crippen LogP contribution is -2.31. The molecule has 10 heavy (non-hydrogen) atoms. The molecule has 0 saturated carbocycles. The Hall–Kier alpha value is -0.900. The van der Waals surface area contributed by atoms with Crippen LogP contribution in [0.15, 0.2) is 0 Å². The van der Waals surface area contributed by atoms with Gasteiger partial charge in [-0.05, 0) is 5.92 Å². The third-order valence-electron chi connectivity index (χ3n) is 1.31. The summed E-state index contributed by atoms with van der Waals surface area (Å²) in [6, 6.07) is -0.656. The highest BCUT2D eigenvalue weighted by atomic mass is 16.4. The van der Waals surface area contributed by atoms with Gasteiger partial charge in [-0.3, -0.25) is 4.79 Å². The molecular weight excluding hydrogens is 134 g/mol. The average Bonchev–Trinajstić information content (AvgIpc) is 1.85. The van der Waals surface area contributed by atoms with Gasteiger partial charge in [0.15, 0.2) is 0 Å². The molecule has 3 N–H and O–H groups in total. The molecule has 0 bridgehead atoms. The topological polar surface area (TPSA) is 80.4 Å². The molecule has 0 saturated heterocycles. The van der Waals surface area contributed by atoms with E-state index >= 15 is 0 Å². The molecule has 0 aromatic heterocycles. The maximum atomic E-state index is 10.1. The second-order valence-corrected chi connectivity index (χ2v) is 2.29. The van der Waals surface area contributed by atoms with Gasteiger partial charge in [0.25, 0.3) is 0 Å². The predicted molar refractivity (Wildman–Crippen MR) is 35.5 cm³/mol. The van der Waals surface area contributed by atoms with Crippen molar-refractivity contribution in [2.24, 2.45) is 11.7 Å². The highest BCUT2D eigenvalue weighted by Gasteiger charge is 2.14. The van der Waals surface area contributed by atoms with E-state index in [1.54, 1.807) is 6.92 Å². The monoisotopic (exact) mass is 145 g/mol. The summed E-state index contributed by atoms with van der Waals surface area (Å²) in [5, 5.41) is 8.26. The lowest BCUT2D eigenvalue weighted by molar-refractivity contribution is -0.138. The van der Waals surface area contributed by atoms with Crippen LogP contribution in [0.1, 0.15) is 13.3 Å². The van der Waals surface area contributed by atoms with Crippen LogP contribution >= 0.6 is 0 Å². The van der Waals surface area contributed by atoms with Gasteiger partial charge in [0, 0.05) is 6.42 Å². The van der Waals surface area contributed by atoms with Crippen LogP contribution in [-0.2, 0) is 9.59 Å². The third-order valence-corrected chi connectivity index (χ3v) is 1.31. The Morgan fingerprint density at radius 3 is 2.60 bits per heavy atom. The molecule has 0 aliphatic carbocycles. The molecule has 2 atom stereocenters. The first-order chi connectivity index (χ1) is 4.57. The summed E-state index contributed by atoms with van der Waals surface area (Å²) in [6.45, 7) is 1.63. The summed E-state index contributed by atoms with van der Waals surface area (Å²) >= 11 is 0. The Bertz CT molecular complexity index is 135. The molecule has 4 nitrogen and oxygen atoms in total. The van der Waals surface area contributed by atoms with Gasteiger partial charge in [-0.25, -0.2) is 0 Å². The van der Waals surface area contributed by atoms with Crippen LogP contribution in [-0.4, -0.2) is 23.4 Å². The molecule has 0 aliphatic rings. The van der Waals surface area contributed by atoms with E-state index in [1.165, 1.54) is 0 Å². The second kappa shape index (κ2) is 4.00. The average molecular weight is 145 g/mol. The maximum Gasteiger partial charge on any atom is 0.303 e. The van der Waals surface area contributed by atoms with Gasteiger partial charge in [-0.2, -0.15) is 0 Å². The molecule has 4 heteroatoms. The molecule has 0 aromatic rings. The standard InChI is InChI=1S/C6H11NO3/c1-4(2-6(9)10)5(7)3-8/h3-5H,2,7H2,1H3,(H,9,10). The van der Waals surface area contributed by atoms with Crippen molar-refractivity contribution in [3.63, 3.8) is 0 Å². The zero-order chi connectivity index (χ0) is 8.15. The summed E-state index contributed by atoms with van der Waals surface area (Å²) in [7, 11) is 0. The normalized spacial score (nSPS) is 15.8. The van der Waals surface area contributed by atoms with E-state index < -0.39 is 12.0 Å². The lowest BCUT2D eigenvalue weighted by atomic mass is 10.0. The summed E-state index contributed by atoms with van der Waals surface area (Å²) in [5.74, 6) is -1.21. The fourth-order valence-corrected chi connectivity index (χ4v) is 0.546. The Balaban J connectivity index is 3.71. The number of carbonyl (C=O) groups excluding carboxylic acids is 1. The number of carboxylic acids is 1. The van der Waals surface area contributed by atoms with E-state index in [9.17, 15) is 9.59 Å². The van der Waals surface area contributed by atoms with Crippen LogP contribution in [0, 0.1) is 5.92 Å². The van der Waals surface area contributed by atoms with E-state index in [1.807, 2.05) is 0 Å². The second-order valence-electron chi connectivity index (χ2n) is 2.29. The minimum Gasteiger partial charge on any atom is -0.481 e. The Morgan fingerprint density at radius 1 is 1.80 bits per heavy atom. The van der Waals surface area contributed by atoms with Gasteiger partial charge in [0.1, 0.15) is 6.29 Å². The van der Waals surface area contributed by atoms with E-state index in [4.69, 9.17) is 10.8 Å². The van der Waals surface area contributed by atoms with Crippen molar-refractivity contribution in [2.75, 3.05) is 0 Å². The highest BCUT2D eigenvalue weighted by molar-refractivity contribution is 5.68. The number of hydrogen-bond donors (Lipinski definition) is 2. The lowest BCUT2D eigenvalue weighted by Gasteiger charge is -2.10. The van der Waals surface area contributed by atoms with Crippen LogP contribution in [0.25, 0.3) is 0 Å². The van der Waals surface area contributed by atoms with E-state index in [0.29, 0.717) is 6.29 Å². The molecule has 0 spiro atoms. The molecular formula is C6H11NO3. The van der Waals surface area contributed by atoms with Crippen molar-refractivity contribution >= 4 is 12.3 Å². The number of nitrogens with two attached hydrogens (primary N) is 1. The van der Waals surface area contributed by atoms with E-state index in [0.717, 1.165) is 0 Å². The number of hydrogen-bond acceptors (Lipinski definition) is 3. The Kier molecular flexibility index (Phi) is 3.64. The van der Waals surface area contributed by atoms with E-state index in [-0.39, 0.29) is 12.3 Å². The number of rotatable bonds is 4. The quantitative estimate of drug-likeness (QED) is 0.528. The van der Waals surface area contributed by atoms with Crippen LogP contribution in [0.4, 0.5) is 0 Å². The van der Waals surface area contributed by atoms with Crippen molar-refractivity contribution < 1.29 is 14.7 Å². The van der Waals surface area contributed by atoms with E-state index in [2.05, 4.69) is 0 Å². The van der Waals surface area contributed by atoms with Crippen LogP contribution in [0.5, 0.6) is 0 Å². The van der Waals surface area contributed by atoms with Crippen LogP contribution in [0.2, 0.25) is 0 Å². The van der Waals surface area contributed by atoms with Gasteiger partial charge in [0.05, 0.1) is 6.04 Å². The number of carbonyl (C=O) groups is 2. The summed E-state index contributed by atoms with van der Waals surface area (Å²) < 4.78 is 0. The number of aliphatic carboxylic acids is 1. The molecule has 0 radical (unpaired) electrons. The molecule has 0 aromatic carbocycles. The van der Waals surface area contributed by atoms with Crippen LogP contribution in [0.3, 0.4) is 0 Å². The summed E-state index contributed by atoms with van der Waals surface area (Å²) in [4.78, 5) is 20.1. The Morgan fingerprint density at radius 2 is 2.30 bits per heavy atom. The van der Waals surface area contributed by atoms with Crippen molar-refractivity contribution in [3.05, 3.63) is 0 Å². The van der Waals surface area contributed by atoms with Crippen LogP contribution < -0.4 is 5.73 Å². The van der Waals surface area contributed by atoms with Gasteiger partial charge in [0.2, 0.25) is 0 Å². The molecule has 0 aliphatic heterocycles. The molecule has 0 rings (SSSR count). The number of aldehydes is 1. The van der Waals surface area contributed by atoms with Crippen molar-refractivity contribution in [1.29, 1.82) is 0 Å². The fraction of sp³-hybridized carbons (Fsp3) is 0.667. The van der Waals surface area contributed by atoms with Gasteiger partial charge >= 0.3 is 5.97 Å². The zero-order valence-corrected chi connectivity index (χ0v) is 5.78. The minimum atomic E-state index is -0.926. The zero-order valence-electron chi connectivity index (χ0n) is 5.78. The summed E-state index contributed by atoms with van der Waals surface area (Å²) in [5.41, 5.74) is 5.23. The molecule has 2 unspecified atom stereocenters. The SMILES string of the molecule is CC(CC(=O)O)C(N)C=O. The Labute approximate surface area is 59.0 Å². The fourth-order valence-electron chi connectivity index (χ4n) is 0.546. The van der Waals surface area contributed by atoms with Crippen molar-refractivity contribution in [3.8, 4) is 0 Å². The third kappa shape index (κ3) is 3.19. The maximum absolute atomic E-state index is 10.1. The summed E-state index contributed by atoms with van der Waals surface area (Å²) in [6.07, 6.45) is 0.507. The molecule has 0 amide bonds. The molecule has 0 fully saturated rings. The number of carboxylic acid groups (broad SMARTS) is 1. The first-order valence-corrected chi connectivity index (χ1v) is 3.00. The smallest absolute Gasteiger partial charge is 0.303 e. The minimum absolute atomic E-state index is 0.0556. The van der Waals surface area contributed by atoms with Crippen molar-refractivity contribution in [2.45, 2.75) is 19.4 Å². The van der Waals surface area contributed by atoms with Gasteiger partial charge < -0.3 is 15.6 Å². The highest BCUT2D eigenvalue weighted by Crippen LogP contribution is 2.03.